The highest BCUT2D eigenvalue weighted by atomic mass is 32.1. The number of hydrogen-bond donors (Lipinski definition) is 1. The Morgan fingerprint density at radius 1 is 1.24 bits per heavy atom. The van der Waals surface area contributed by atoms with Crippen molar-refractivity contribution in [2.75, 3.05) is 7.11 Å². The Labute approximate surface area is 147 Å². The van der Waals surface area contributed by atoms with Crippen LogP contribution in [0.5, 0.6) is 11.5 Å². The molecule has 2 aromatic heterocycles. The largest absolute Gasteiger partial charge is 0.504 e. The van der Waals surface area contributed by atoms with Crippen molar-refractivity contribution in [2.45, 2.75) is 13.8 Å². The summed E-state index contributed by atoms with van der Waals surface area (Å²) in [6.45, 7) is 4.02. The summed E-state index contributed by atoms with van der Waals surface area (Å²) in [7, 11) is 1.49. The van der Waals surface area contributed by atoms with E-state index in [4.69, 9.17) is 4.74 Å². The Balaban J connectivity index is 1.98. The van der Waals surface area contributed by atoms with Crippen LogP contribution in [0.3, 0.4) is 0 Å². The van der Waals surface area contributed by atoms with Crippen molar-refractivity contribution in [3.8, 4) is 11.5 Å². The maximum absolute atomic E-state index is 12.9. The molecule has 2 aromatic carbocycles. The molecule has 0 bridgehead atoms. The van der Waals surface area contributed by atoms with Gasteiger partial charge < -0.3 is 9.84 Å². The van der Waals surface area contributed by atoms with E-state index in [1.54, 1.807) is 28.7 Å². The normalized spacial score (nSPS) is 12.4. The van der Waals surface area contributed by atoms with Gasteiger partial charge in [-0.05, 0) is 54.8 Å². The number of rotatable bonds is 2. The summed E-state index contributed by atoms with van der Waals surface area (Å²) in [6, 6.07) is 9.05. The Hall–Kier alpha value is -2.86. The number of phenolic OH excluding ortho intramolecular Hbond substituents is 1. The van der Waals surface area contributed by atoms with Crippen LogP contribution in [0.1, 0.15) is 16.7 Å². The van der Waals surface area contributed by atoms with Crippen molar-refractivity contribution in [3.05, 3.63) is 61.9 Å². The summed E-state index contributed by atoms with van der Waals surface area (Å²) in [4.78, 5) is 18.2. The fourth-order valence-electron chi connectivity index (χ4n) is 3.05. The summed E-state index contributed by atoms with van der Waals surface area (Å²) in [5.74, 6) is 0.444. The van der Waals surface area contributed by atoms with Crippen molar-refractivity contribution in [3.63, 3.8) is 0 Å². The number of benzene rings is 2. The molecule has 0 aliphatic carbocycles. The number of nitrogens with zero attached hydrogens (tertiary/aromatic N) is 2. The molecule has 6 heteroatoms. The number of aromatic nitrogens is 2. The molecule has 0 spiro atoms. The van der Waals surface area contributed by atoms with Gasteiger partial charge in [-0.2, -0.15) is 0 Å². The average molecular weight is 352 g/mol. The number of phenols is 1. The molecule has 4 rings (SSSR count). The molecule has 0 saturated carbocycles. The van der Waals surface area contributed by atoms with Gasteiger partial charge in [-0.3, -0.25) is 4.79 Å². The molecule has 126 valence electrons. The zero-order valence-electron chi connectivity index (χ0n) is 14.0. The first-order chi connectivity index (χ1) is 12.0. The molecule has 0 unspecified atom stereocenters. The highest BCUT2D eigenvalue weighted by Gasteiger charge is 2.13. The molecule has 0 amide bonds. The van der Waals surface area contributed by atoms with Crippen LogP contribution in [0, 0.1) is 13.8 Å². The number of methoxy groups -OCH3 is 1. The van der Waals surface area contributed by atoms with Crippen LogP contribution in [0.15, 0.2) is 35.1 Å². The quantitative estimate of drug-likeness (QED) is 0.602. The van der Waals surface area contributed by atoms with Crippen molar-refractivity contribution < 1.29 is 9.84 Å². The summed E-state index contributed by atoms with van der Waals surface area (Å²) >= 11 is 1.36. The lowest BCUT2D eigenvalue weighted by molar-refractivity contribution is 0.373. The van der Waals surface area contributed by atoms with Crippen LogP contribution in [0.25, 0.3) is 22.1 Å². The van der Waals surface area contributed by atoms with Crippen LogP contribution in [-0.2, 0) is 0 Å². The smallest absolute Gasteiger partial charge is 0.274 e. The van der Waals surface area contributed by atoms with E-state index in [-0.39, 0.29) is 11.3 Å². The average Bonchev–Trinajstić information content (AvgIpc) is 3.07. The number of fused-ring (bicyclic) bond motifs is 3. The maximum Gasteiger partial charge on any atom is 0.274 e. The lowest BCUT2D eigenvalue weighted by Crippen LogP contribution is -2.22. The molecule has 25 heavy (non-hydrogen) atoms. The van der Waals surface area contributed by atoms with Crippen molar-refractivity contribution in [1.29, 1.82) is 0 Å². The first-order valence-corrected chi connectivity index (χ1v) is 8.60. The first-order valence-electron chi connectivity index (χ1n) is 7.79. The molecule has 4 aromatic rings. The zero-order chi connectivity index (χ0) is 17.7. The van der Waals surface area contributed by atoms with Crippen molar-refractivity contribution in [1.82, 2.24) is 9.38 Å². The number of ether oxygens (including phenoxy) is 1. The van der Waals surface area contributed by atoms with E-state index in [1.807, 2.05) is 19.9 Å². The van der Waals surface area contributed by atoms with E-state index >= 15 is 0 Å². The second-order valence-corrected chi connectivity index (χ2v) is 7.04. The molecule has 5 nitrogen and oxygen atoms in total. The molecule has 0 aliphatic heterocycles. The molecule has 0 radical (unpaired) electrons. The van der Waals surface area contributed by atoms with Crippen LogP contribution < -0.4 is 14.8 Å². The Morgan fingerprint density at radius 2 is 2.04 bits per heavy atom. The third kappa shape index (κ3) is 2.46. The minimum absolute atomic E-state index is 0.0694. The van der Waals surface area contributed by atoms with Gasteiger partial charge in [0.2, 0.25) is 0 Å². The predicted molar refractivity (Wildman–Crippen MR) is 99.8 cm³/mol. The first kappa shape index (κ1) is 15.7. The highest BCUT2D eigenvalue weighted by molar-refractivity contribution is 7.15. The molecule has 0 fully saturated rings. The van der Waals surface area contributed by atoms with E-state index < -0.39 is 0 Å². The lowest BCUT2D eigenvalue weighted by atomic mass is 10.1. The molecule has 2 heterocycles. The number of imidazole rings is 1. The van der Waals surface area contributed by atoms with Crippen LogP contribution in [0.4, 0.5) is 0 Å². The second kappa shape index (κ2) is 5.60. The van der Waals surface area contributed by atoms with Gasteiger partial charge in [-0.1, -0.05) is 23.5 Å². The topological polar surface area (TPSA) is 63.8 Å². The van der Waals surface area contributed by atoms with Gasteiger partial charge in [0.1, 0.15) is 0 Å². The lowest BCUT2D eigenvalue weighted by Gasteiger charge is -2.03. The molecule has 1 N–H and O–H groups in total. The van der Waals surface area contributed by atoms with Gasteiger partial charge in [-0.25, -0.2) is 9.38 Å². The van der Waals surface area contributed by atoms with E-state index in [0.717, 1.165) is 27.7 Å². The molecular weight excluding hydrogens is 336 g/mol. The predicted octanol–water partition coefficient (Wildman–Crippen LogP) is 2.79. The Kier molecular flexibility index (Phi) is 3.51. The fraction of sp³-hybridized carbons (Fsp3) is 0.158. The zero-order valence-corrected chi connectivity index (χ0v) is 14.8. The number of aryl methyl sites for hydroxylation is 2. The standard InChI is InChI=1S/C19H16N2O3S/c1-10-6-11(2)17-13(7-10)21-18(23)16(25-19(21)20-17)9-12-4-5-14(22)15(8-12)24-3/h4-9,22H,1-3H3/b16-9+. The van der Waals surface area contributed by atoms with E-state index in [9.17, 15) is 9.90 Å². The SMILES string of the molecule is COc1cc(/C=c2/sc3nc4c(C)cc(C)cc4n3c2=O)ccc1O. The minimum Gasteiger partial charge on any atom is -0.504 e. The van der Waals surface area contributed by atoms with Gasteiger partial charge in [0.05, 0.1) is 22.7 Å². The van der Waals surface area contributed by atoms with Crippen molar-refractivity contribution >= 4 is 33.4 Å². The molecule has 0 atom stereocenters. The third-order valence-electron chi connectivity index (χ3n) is 4.18. The van der Waals surface area contributed by atoms with E-state index in [2.05, 4.69) is 11.1 Å². The second-order valence-electron chi connectivity index (χ2n) is 6.03. The summed E-state index contributed by atoms with van der Waals surface area (Å²) in [5, 5.41) is 9.70. The van der Waals surface area contributed by atoms with E-state index in [1.165, 1.54) is 18.4 Å². The summed E-state index contributed by atoms with van der Waals surface area (Å²) in [6.07, 6.45) is 1.79. The van der Waals surface area contributed by atoms with Gasteiger partial charge >= 0.3 is 0 Å². The monoisotopic (exact) mass is 352 g/mol. The van der Waals surface area contributed by atoms with Gasteiger partial charge in [0.15, 0.2) is 16.5 Å². The number of hydrogen-bond acceptors (Lipinski definition) is 5. The van der Waals surface area contributed by atoms with Gasteiger partial charge in [0.25, 0.3) is 5.56 Å². The molecule has 0 saturated heterocycles. The third-order valence-corrected chi connectivity index (χ3v) is 5.15. The maximum atomic E-state index is 12.9. The molecule has 0 aliphatic rings. The highest BCUT2D eigenvalue weighted by Crippen LogP contribution is 2.26. The van der Waals surface area contributed by atoms with Gasteiger partial charge in [-0.15, -0.1) is 0 Å². The van der Waals surface area contributed by atoms with Crippen molar-refractivity contribution in [2.24, 2.45) is 0 Å². The van der Waals surface area contributed by atoms with Crippen LogP contribution in [-0.4, -0.2) is 21.6 Å². The Bertz CT molecular complexity index is 1240. The van der Waals surface area contributed by atoms with Gasteiger partial charge in [0, 0.05) is 0 Å². The molecular formula is C19H16N2O3S. The summed E-state index contributed by atoms with van der Waals surface area (Å²) in [5.41, 5.74) is 4.58. The van der Waals surface area contributed by atoms with E-state index in [0.29, 0.717) is 15.2 Å². The fourth-order valence-corrected chi connectivity index (χ4v) is 4.03. The summed E-state index contributed by atoms with van der Waals surface area (Å²) < 4.78 is 7.38. The number of thiazole rings is 1. The van der Waals surface area contributed by atoms with Crippen LogP contribution >= 0.6 is 11.3 Å². The van der Waals surface area contributed by atoms with Crippen LogP contribution in [0.2, 0.25) is 0 Å². The Morgan fingerprint density at radius 3 is 2.80 bits per heavy atom. The minimum atomic E-state index is -0.0838. The number of aromatic hydroxyl groups is 1.